The predicted molar refractivity (Wildman–Crippen MR) is 74.4 cm³/mol. The van der Waals surface area contributed by atoms with Crippen molar-refractivity contribution in [3.8, 4) is 0 Å². The van der Waals surface area contributed by atoms with Crippen LogP contribution in [0.15, 0.2) is 10.6 Å². The fourth-order valence-electron chi connectivity index (χ4n) is 1.80. The van der Waals surface area contributed by atoms with Gasteiger partial charge in [-0.2, -0.15) is 0 Å². The molecule has 118 valence electrons. The Hall–Kier alpha value is -1.81. The molecule has 21 heavy (non-hydrogen) atoms. The second-order valence-corrected chi connectivity index (χ2v) is 6.42. The van der Waals surface area contributed by atoms with Gasteiger partial charge in [0.2, 0.25) is 10.0 Å². The molecule has 0 spiro atoms. The number of anilines is 1. The number of hydrogen-bond donors (Lipinski definition) is 2. The van der Waals surface area contributed by atoms with Gasteiger partial charge in [0.25, 0.3) is 0 Å². The third-order valence-corrected chi connectivity index (χ3v) is 4.10. The van der Waals surface area contributed by atoms with Crippen molar-refractivity contribution in [1.82, 2.24) is 15.4 Å². The van der Waals surface area contributed by atoms with Gasteiger partial charge < -0.3 is 19.5 Å². The van der Waals surface area contributed by atoms with Crippen LogP contribution in [0.1, 0.15) is 5.76 Å². The van der Waals surface area contributed by atoms with E-state index in [1.165, 1.54) is 6.07 Å². The monoisotopic (exact) mass is 318 g/mol. The third-order valence-electron chi connectivity index (χ3n) is 2.83. The van der Waals surface area contributed by atoms with E-state index in [-0.39, 0.29) is 24.1 Å². The molecule has 0 atom stereocenters. The first kappa shape index (κ1) is 15.6. The van der Waals surface area contributed by atoms with Gasteiger partial charge in [-0.15, -0.1) is 0 Å². The number of nitrogens with zero attached hydrogens (tertiary/aromatic N) is 2. The Labute approximate surface area is 122 Å². The molecule has 1 fully saturated rings. The number of rotatable bonds is 5. The summed E-state index contributed by atoms with van der Waals surface area (Å²) in [7, 11) is -3.58. The van der Waals surface area contributed by atoms with Crippen molar-refractivity contribution in [3.05, 3.63) is 11.8 Å². The second-order valence-electron chi connectivity index (χ2n) is 4.58. The number of aryl methyl sites for hydroxylation is 1. The Bertz CT molecular complexity index is 579. The minimum atomic E-state index is -3.58. The molecule has 1 aliphatic heterocycles. The highest BCUT2D eigenvalue weighted by molar-refractivity contribution is 7.92. The van der Waals surface area contributed by atoms with Crippen molar-refractivity contribution in [2.45, 2.75) is 6.92 Å². The summed E-state index contributed by atoms with van der Waals surface area (Å²) in [5, 5.41) is 6.11. The van der Waals surface area contributed by atoms with E-state index in [0.29, 0.717) is 32.1 Å². The first-order valence-corrected chi connectivity index (χ1v) is 8.16. The van der Waals surface area contributed by atoms with Crippen molar-refractivity contribution in [3.63, 3.8) is 0 Å². The van der Waals surface area contributed by atoms with E-state index < -0.39 is 10.0 Å². The quantitative estimate of drug-likeness (QED) is 0.775. The van der Waals surface area contributed by atoms with Crippen molar-refractivity contribution < 1.29 is 22.5 Å². The third kappa shape index (κ3) is 4.90. The lowest BCUT2D eigenvalue weighted by molar-refractivity contribution is 0.0533. The number of carbonyl (C=O) groups is 1. The largest absolute Gasteiger partial charge is 0.378 e. The summed E-state index contributed by atoms with van der Waals surface area (Å²) in [5.74, 6) is 0.398. The molecule has 0 radical (unpaired) electrons. The van der Waals surface area contributed by atoms with E-state index in [1.807, 2.05) is 0 Å². The van der Waals surface area contributed by atoms with Gasteiger partial charge in [0.15, 0.2) is 5.82 Å². The lowest BCUT2D eigenvalue weighted by Gasteiger charge is -2.26. The number of ether oxygens (including phenoxy) is 1. The number of carbonyl (C=O) groups excluding carboxylic acids is 1. The molecule has 0 aliphatic carbocycles. The average molecular weight is 318 g/mol. The van der Waals surface area contributed by atoms with Gasteiger partial charge in [-0.25, -0.2) is 13.2 Å². The fraction of sp³-hybridized carbons (Fsp3) is 0.636. The maximum atomic E-state index is 11.8. The molecule has 0 saturated carbocycles. The number of morpholine rings is 1. The van der Waals surface area contributed by atoms with E-state index in [0.717, 1.165) is 0 Å². The minimum Gasteiger partial charge on any atom is -0.378 e. The van der Waals surface area contributed by atoms with Gasteiger partial charge in [-0.1, -0.05) is 5.16 Å². The van der Waals surface area contributed by atoms with Crippen LogP contribution in [-0.2, 0) is 14.8 Å². The summed E-state index contributed by atoms with van der Waals surface area (Å²) in [6.45, 7) is 3.69. The van der Waals surface area contributed by atoms with Crippen molar-refractivity contribution in [2.24, 2.45) is 0 Å². The van der Waals surface area contributed by atoms with Crippen molar-refractivity contribution in [1.29, 1.82) is 0 Å². The molecular weight excluding hydrogens is 300 g/mol. The van der Waals surface area contributed by atoms with Gasteiger partial charge in [0, 0.05) is 25.7 Å². The van der Waals surface area contributed by atoms with Gasteiger partial charge in [-0.05, 0) is 6.92 Å². The van der Waals surface area contributed by atoms with E-state index in [1.54, 1.807) is 11.8 Å². The Balaban J connectivity index is 1.75. The van der Waals surface area contributed by atoms with Gasteiger partial charge >= 0.3 is 6.03 Å². The summed E-state index contributed by atoms with van der Waals surface area (Å²) in [5.41, 5.74) is 0. The van der Waals surface area contributed by atoms with E-state index >= 15 is 0 Å². The average Bonchev–Trinajstić information content (AvgIpc) is 2.84. The smallest absolute Gasteiger partial charge is 0.317 e. The Kier molecular flexibility index (Phi) is 5.02. The van der Waals surface area contributed by atoms with Crippen LogP contribution in [0.5, 0.6) is 0 Å². The Morgan fingerprint density at radius 1 is 1.43 bits per heavy atom. The second kappa shape index (κ2) is 6.76. The molecule has 1 aromatic rings. The highest BCUT2D eigenvalue weighted by Gasteiger charge is 2.18. The summed E-state index contributed by atoms with van der Waals surface area (Å²) in [6, 6.07) is 1.19. The lowest BCUT2D eigenvalue weighted by atomic mass is 10.4. The number of nitrogens with one attached hydrogen (secondary N) is 2. The van der Waals surface area contributed by atoms with Crippen LogP contribution in [0.2, 0.25) is 0 Å². The fourth-order valence-corrected chi connectivity index (χ4v) is 2.68. The zero-order valence-electron chi connectivity index (χ0n) is 11.7. The van der Waals surface area contributed by atoms with Crippen LogP contribution in [0.25, 0.3) is 0 Å². The number of hydrogen-bond acceptors (Lipinski definition) is 6. The highest BCUT2D eigenvalue weighted by atomic mass is 32.2. The van der Waals surface area contributed by atoms with Crippen LogP contribution >= 0.6 is 0 Å². The number of sulfonamides is 1. The molecule has 2 N–H and O–H groups in total. The molecule has 0 unspecified atom stereocenters. The summed E-state index contributed by atoms with van der Waals surface area (Å²) >= 11 is 0. The van der Waals surface area contributed by atoms with E-state index in [9.17, 15) is 13.2 Å². The SMILES string of the molecule is Cc1cc(NS(=O)(=O)CCNC(=O)N2CCOCC2)no1. The zero-order chi connectivity index (χ0) is 15.3. The maximum Gasteiger partial charge on any atom is 0.317 e. The number of urea groups is 1. The first-order chi connectivity index (χ1) is 9.96. The molecule has 1 aromatic heterocycles. The molecule has 2 heterocycles. The maximum absolute atomic E-state index is 11.8. The molecule has 0 bridgehead atoms. The van der Waals surface area contributed by atoms with Crippen molar-refractivity contribution in [2.75, 3.05) is 43.3 Å². The van der Waals surface area contributed by atoms with Crippen molar-refractivity contribution >= 4 is 21.9 Å². The molecule has 9 nitrogen and oxygen atoms in total. The summed E-state index contributed by atoms with van der Waals surface area (Å²) in [4.78, 5) is 13.4. The van der Waals surface area contributed by atoms with E-state index in [2.05, 4.69) is 15.2 Å². The minimum absolute atomic E-state index is 0.0162. The van der Waals surface area contributed by atoms with Gasteiger partial charge in [0.05, 0.1) is 19.0 Å². The van der Waals surface area contributed by atoms with Crippen LogP contribution in [0.4, 0.5) is 10.6 Å². The summed E-state index contributed by atoms with van der Waals surface area (Å²) < 4.78 is 35.8. The normalized spacial score (nSPS) is 15.8. The zero-order valence-corrected chi connectivity index (χ0v) is 12.5. The van der Waals surface area contributed by atoms with Crippen LogP contribution < -0.4 is 10.0 Å². The first-order valence-electron chi connectivity index (χ1n) is 6.50. The van der Waals surface area contributed by atoms with Crippen LogP contribution in [-0.4, -0.2) is 63.1 Å². The summed E-state index contributed by atoms with van der Waals surface area (Å²) in [6.07, 6.45) is 0. The standard InChI is InChI=1S/C11H18N4O5S/c1-9-8-10(13-20-9)14-21(17,18)7-2-12-11(16)15-3-5-19-6-4-15/h8H,2-7H2,1H3,(H,12,16)(H,13,14). The Morgan fingerprint density at radius 2 is 2.14 bits per heavy atom. The van der Waals surface area contributed by atoms with Gasteiger partial charge in [0.1, 0.15) is 5.76 Å². The predicted octanol–water partition coefficient (Wildman–Crippen LogP) is -0.233. The number of amides is 2. The highest BCUT2D eigenvalue weighted by Crippen LogP contribution is 2.09. The van der Waals surface area contributed by atoms with Gasteiger partial charge in [-0.3, -0.25) is 4.72 Å². The van der Waals surface area contributed by atoms with Crippen LogP contribution in [0, 0.1) is 6.92 Å². The molecule has 1 saturated heterocycles. The molecule has 2 amide bonds. The molecular formula is C11H18N4O5S. The molecule has 10 heteroatoms. The topological polar surface area (TPSA) is 114 Å². The lowest BCUT2D eigenvalue weighted by Crippen LogP contribution is -2.47. The Morgan fingerprint density at radius 3 is 2.76 bits per heavy atom. The van der Waals surface area contributed by atoms with E-state index in [4.69, 9.17) is 9.26 Å². The molecule has 1 aliphatic rings. The molecule has 0 aromatic carbocycles. The van der Waals surface area contributed by atoms with Crippen LogP contribution in [0.3, 0.4) is 0 Å². The number of aromatic nitrogens is 1. The molecule has 2 rings (SSSR count).